The molecule has 2 rings (SSSR count). The molecule has 0 aromatic heterocycles. The molecular formula is C18H24ClN3O3S. The predicted molar refractivity (Wildman–Crippen MR) is 107 cm³/mol. The van der Waals surface area contributed by atoms with E-state index in [1.807, 2.05) is 14.0 Å². The van der Waals surface area contributed by atoms with Gasteiger partial charge in [-0.3, -0.25) is 9.52 Å². The minimum Gasteiger partial charge on any atom is -0.340 e. The second kappa shape index (κ2) is 9.56. The van der Waals surface area contributed by atoms with Gasteiger partial charge in [-0.25, -0.2) is 8.42 Å². The van der Waals surface area contributed by atoms with Gasteiger partial charge in [-0.1, -0.05) is 29.8 Å². The number of nitrogens with one attached hydrogen (secondary N) is 2. The first-order valence-corrected chi connectivity index (χ1v) is 9.42. The normalized spacial score (nSPS) is 10.7. The molecule has 0 heterocycles. The van der Waals surface area contributed by atoms with Crippen molar-refractivity contribution in [1.82, 2.24) is 10.2 Å². The number of nitrogens with zero attached hydrogens (tertiary/aromatic N) is 1. The zero-order valence-electron chi connectivity index (χ0n) is 15.0. The molecule has 0 unspecified atom stereocenters. The summed E-state index contributed by atoms with van der Waals surface area (Å²) in [6.07, 6.45) is 0. The Balaban J connectivity index is 0.00000338. The quantitative estimate of drug-likeness (QED) is 0.752. The van der Waals surface area contributed by atoms with Crippen molar-refractivity contribution in [2.24, 2.45) is 0 Å². The van der Waals surface area contributed by atoms with Crippen LogP contribution < -0.4 is 10.0 Å². The van der Waals surface area contributed by atoms with Crippen LogP contribution in [0.5, 0.6) is 0 Å². The number of rotatable bonds is 7. The maximum absolute atomic E-state index is 12.6. The SMILES string of the molecule is CNCCN(C)C(=O)c1ccccc1NS(=O)(=O)c1ccc(C)cc1.Cl. The first-order chi connectivity index (χ1) is 11.8. The number of carbonyl (C=O) groups is 1. The molecule has 1 amide bonds. The van der Waals surface area contributed by atoms with Crippen molar-refractivity contribution in [2.75, 3.05) is 31.9 Å². The van der Waals surface area contributed by atoms with E-state index in [2.05, 4.69) is 10.0 Å². The zero-order chi connectivity index (χ0) is 18.4. The smallest absolute Gasteiger partial charge is 0.261 e. The van der Waals surface area contributed by atoms with Crippen LogP contribution in [0, 0.1) is 6.92 Å². The summed E-state index contributed by atoms with van der Waals surface area (Å²) in [5.41, 5.74) is 1.56. The monoisotopic (exact) mass is 397 g/mol. The standard InChI is InChI=1S/C18H23N3O3S.ClH/c1-14-8-10-15(11-9-14)25(23,24)20-17-7-5-4-6-16(17)18(22)21(3)13-12-19-2;/h4-11,19-20H,12-13H2,1-3H3;1H. The number of benzene rings is 2. The summed E-state index contributed by atoms with van der Waals surface area (Å²) in [6.45, 7) is 3.06. The minimum absolute atomic E-state index is 0. The average Bonchev–Trinajstić information content (AvgIpc) is 2.59. The van der Waals surface area contributed by atoms with Gasteiger partial charge in [-0.15, -0.1) is 12.4 Å². The number of halogens is 1. The molecule has 0 spiro atoms. The second-order valence-electron chi connectivity index (χ2n) is 5.79. The second-order valence-corrected chi connectivity index (χ2v) is 7.48. The summed E-state index contributed by atoms with van der Waals surface area (Å²) in [7, 11) is -0.269. The highest BCUT2D eigenvalue weighted by molar-refractivity contribution is 7.92. The van der Waals surface area contributed by atoms with Gasteiger partial charge in [0.1, 0.15) is 0 Å². The molecule has 0 aliphatic rings. The first-order valence-electron chi connectivity index (χ1n) is 7.94. The van der Waals surface area contributed by atoms with Crippen molar-refractivity contribution in [3.8, 4) is 0 Å². The van der Waals surface area contributed by atoms with Gasteiger partial charge in [0.2, 0.25) is 0 Å². The van der Waals surface area contributed by atoms with Crippen LogP contribution in [-0.2, 0) is 10.0 Å². The molecule has 0 aliphatic carbocycles. The van der Waals surface area contributed by atoms with Gasteiger partial charge < -0.3 is 10.2 Å². The third-order valence-corrected chi connectivity index (χ3v) is 5.16. The van der Waals surface area contributed by atoms with Gasteiger partial charge in [0.15, 0.2) is 0 Å². The topological polar surface area (TPSA) is 78.5 Å². The molecule has 0 fully saturated rings. The molecule has 0 saturated heterocycles. The Morgan fingerprint density at radius 2 is 1.69 bits per heavy atom. The lowest BCUT2D eigenvalue weighted by Crippen LogP contribution is -2.33. The van der Waals surface area contributed by atoms with Gasteiger partial charge in [0, 0.05) is 20.1 Å². The number of aryl methyl sites for hydroxylation is 1. The number of sulfonamides is 1. The minimum atomic E-state index is -3.76. The Kier molecular flexibility index (Phi) is 8.08. The van der Waals surface area contributed by atoms with Crippen LogP contribution in [0.2, 0.25) is 0 Å². The largest absolute Gasteiger partial charge is 0.340 e. The molecule has 0 aliphatic heterocycles. The third kappa shape index (κ3) is 5.45. The number of hydrogen-bond acceptors (Lipinski definition) is 4. The third-order valence-electron chi connectivity index (χ3n) is 3.78. The molecule has 8 heteroatoms. The predicted octanol–water partition coefficient (Wildman–Crippen LogP) is 2.51. The van der Waals surface area contributed by atoms with Crippen molar-refractivity contribution in [3.05, 3.63) is 59.7 Å². The lowest BCUT2D eigenvalue weighted by molar-refractivity contribution is 0.0798. The van der Waals surface area contributed by atoms with E-state index in [9.17, 15) is 13.2 Å². The maximum Gasteiger partial charge on any atom is 0.261 e. The van der Waals surface area contributed by atoms with E-state index >= 15 is 0 Å². The fraction of sp³-hybridized carbons (Fsp3) is 0.278. The van der Waals surface area contributed by atoms with E-state index in [0.717, 1.165) is 5.56 Å². The zero-order valence-corrected chi connectivity index (χ0v) is 16.7. The van der Waals surface area contributed by atoms with Crippen LogP contribution in [0.3, 0.4) is 0 Å². The van der Waals surface area contributed by atoms with Crippen LogP contribution in [0.25, 0.3) is 0 Å². The maximum atomic E-state index is 12.6. The number of anilines is 1. The lowest BCUT2D eigenvalue weighted by Gasteiger charge is -2.19. The molecular weight excluding hydrogens is 374 g/mol. The number of para-hydroxylation sites is 1. The van der Waals surface area contributed by atoms with Crippen molar-refractivity contribution < 1.29 is 13.2 Å². The summed E-state index contributed by atoms with van der Waals surface area (Å²) >= 11 is 0. The van der Waals surface area contributed by atoms with E-state index in [1.165, 1.54) is 0 Å². The fourth-order valence-electron chi connectivity index (χ4n) is 2.27. The van der Waals surface area contributed by atoms with Gasteiger partial charge in [0.05, 0.1) is 16.1 Å². The molecule has 0 bridgehead atoms. The number of hydrogen-bond donors (Lipinski definition) is 2. The molecule has 6 nitrogen and oxygen atoms in total. The van der Waals surface area contributed by atoms with Gasteiger partial charge >= 0.3 is 0 Å². The Morgan fingerprint density at radius 3 is 2.31 bits per heavy atom. The molecule has 2 aromatic rings. The highest BCUT2D eigenvalue weighted by Crippen LogP contribution is 2.21. The summed E-state index contributed by atoms with van der Waals surface area (Å²) in [4.78, 5) is 14.3. The number of likely N-dealkylation sites (N-methyl/N-ethyl adjacent to an activating group) is 2. The van der Waals surface area contributed by atoms with Crippen LogP contribution in [0.1, 0.15) is 15.9 Å². The molecule has 0 atom stereocenters. The highest BCUT2D eigenvalue weighted by Gasteiger charge is 2.20. The number of amides is 1. The Bertz CT molecular complexity index is 839. The van der Waals surface area contributed by atoms with Crippen LogP contribution in [-0.4, -0.2) is 46.4 Å². The van der Waals surface area contributed by atoms with Crippen molar-refractivity contribution in [2.45, 2.75) is 11.8 Å². The molecule has 142 valence electrons. The Morgan fingerprint density at radius 1 is 1.08 bits per heavy atom. The van der Waals surface area contributed by atoms with Gasteiger partial charge in [-0.2, -0.15) is 0 Å². The van der Waals surface area contributed by atoms with Crippen molar-refractivity contribution in [1.29, 1.82) is 0 Å². The van der Waals surface area contributed by atoms with Crippen LogP contribution in [0.4, 0.5) is 5.69 Å². The molecule has 2 aromatic carbocycles. The van der Waals surface area contributed by atoms with E-state index in [4.69, 9.17) is 0 Å². The summed E-state index contributed by atoms with van der Waals surface area (Å²) < 4.78 is 27.7. The molecule has 0 saturated carbocycles. The number of carbonyl (C=O) groups excluding carboxylic acids is 1. The van der Waals surface area contributed by atoms with Crippen LogP contribution >= 0.6 is 12.4 Å². The molecule has 2 N–H and O–H groups in total. The highest BCUT2D eigenvalue weighted by atomic mass is 35.5. The first kappa shape index (κ1) is 22.0. The van der Waals surface area contributed by atoms with Gasteiger partial charge in [-0.05, 0) is 38.2 Å². The lowest BCUT2D eigenvalue weighted by atomic mass is 10.1. The van der Waals surface area contributed by atoms with E-state index < -0.39 is 10.0 Å². The van der Waals surface area contributed by atoms with E-state index in [-0.39, 0.29) is 28.9 Å². The van der Waals surface area contributed by atoms with Gasteiger partial charge in [0.25, 0.3) is 15.9 Å². The summed E-state index contributed by atoms with van der Waals surface area (Å²) in [5, 5.41) is 2.98. The van der Waals surface area contributed by atoms with E-state index in [0.29, 0.717) is 18.7 Å². The summed E-state index contributed by atoms with van der Waals surface area (Å²) in [5.74, 6) is -0.238. The van der Waals surface area contributed by atoms with E-state index in [1.54, 1.807) is 60.5 Å². The average molecular weight is 398 g/mol. The Hall–Kier alpha value is -2.09. The Labute approximate surface area is 161 Å². The molecule has 0 radical (unpaired) electrons. The summed E-state index contributed by atoms with van der Waals surface area (Å²) in [6, 6.07) is 13.2. The fourth-order valence-corrected chi connectivity index (χ4v) is 3.35. The van der Waals surface area contributed by atoms with Crippen molar-refractivity contribution >= 4 is 34.0 Å². The molecule has 26 heavy (non-hydrogen) atoms. The van der Waals surface area contributed by atoms with Crippen molar-refractivity contribution in [3.63, 3.8) is 0 Å². The van der Waals surface area contributed by atoms with Crippen LogP contribution in [0.15, 0.2) is 53.4 Å².